The third-order valence-corrected chi connectivity index (χ3v) is 3.74. The van der Waals surface area contributed by atoms with Crippen LogP contribution in [0.25, 0.3) is 11.0 Å². The van der Waals surface area contributed by atoms with Gasteiger partial charge in [0, 0.05) is 29.2 Å². The third kappa shape index (κ3) is 3.72. The van der Waals surface area contributed by atoms with E-state index in [1.54, 1.807) is 7.11 Å². The number of fused-ring (bicyclic) bond motifs is 1. The molecule has 23 heavy (non-hydrogen) atoms. The van der Waals surface area contributed by atoms with Crippen molar-refractivity contribution in [1.82, 2.24) is 0 Å². The molecule has 2 aromatic carbocycles. The SMILES string of the molecule is COc1cccc(NCCCc2cc3ccccc3oc2=O)c1. The van der Waals surface area contributed by atoms with E-state index in [-0.39, 0.29) is 5.63 Å². The molecule has 0 bridgehead atoms. The zero-order valence-electron chi connectivity index (χ0n) is 13.0. The Labute approximate surface area is 134 Å². The van der Waals surface area contributed by atoms with Gasteiger partial charge in [-0.15, -0.1) is 0 Å². The van der Waals surface area contributed by atoms with Gasteiger partial charge in [-0.2, -0.15) is 0 Å². The number of rotatable bonds is 6. The van der Waals surface area contributed by atoms with E-state index >= 15 is 0 Å². The van der Waals surface area contributed by atoms with Crippen LogP contribution in [-0.2, 0) is 6.42 Å². The Kier molecular flexibility index (Phi) is 4.62. The molecule has 4 nitrogen and oxygen atoms in total. The molecule has 0 aliphatic rings. The van der Waals surface area contributed by atoms with Crippen LogP contribution in [0.4, 0.5) is 5.69 Å². The van der Waals surface area contributed by atoms with E-state index in [1.165, 1.54) is 0 Å². The number of nitrogens with one attached hydrogen (secondary N) is 1. The number of hydrogen-bond acceptors (Lipinski definition) is 4. The number of aryl methyl sites for hydroxylation is 1. The van der Waals surface area contributed by atoms with E-state index in [1.807, 2.05) is 54.6 Å². The lowest BCUT2D eigenvalue weighted by molar-refractivity contribution is 0.415. The number of ether oxygens (including phenoxy) is 1. The largest absolute Gasteiger partial charge is 0.497 e. The lowest BCUT2D eigenvalue weighted by Crippen LogP contribution is -2.10. The molecule has 0 unspecified atom stereocenters. The van der Waals surface area contributed by atoms with Gasteiger partial charge in [-0.1, -0.05) is 24.3 Å². The highest BCUT2D eigenvalue weighted by atomic mass is 16.5. The van der Waals surface area contributed by atoms with Gasteiger partial charge >= 0.3 is 5.63 Å². The summed E-state index contributed by atoms with van der Waals surface area (Å²) in [5.74, 6) is 0.824. The number of anilines is 1. The van der Waals surface area contributed by atoms with E-state index in [4.69, 9.17) is 9.15 Å². The summed E-state index contributed by atoms with van der Waals surface area (Å²) in [4.78, 5) is 12.0. The maximum Gasteiger partial charge on any atom is 0.339 e. The van der Waals surface area contributed by atoms with Gasteiger partial charge < -0.3 is 14.5 Å². The fraction of sp³-hybridized carbons (Fsp3) is 0.211. The molecule has 1 aromatic heterocycles. The third-order valence-electron chi connectivity index (χ3n) is 3.74. The van der Waals surface area contributed by atoms with Gasteiger partial charge in [-0.3, -0.25) is 0 Å². The van der Waals surface area contributed by atoms with Crippen LogP contribution < -0.4 is 15.7 Å². The van der Waals surface area contributed by atoms with Gasteiger partial charge in [0.15, 0.2) is 0 Å². The molecule has 0 aliphatic heterocycles. The minimum atomic E-state index is -0.245. The molecule has 0 radical (unpaired) electrons. The van der Waals surface area contributed by atoms with Crippen LogP contribution in [-0.4, -0.2) is 13.7 Å². The number of methoxy groups -OCH3 is 1. The Morgan fingerprint density at radius 2 is 1.96 bits per heavy atom. The number of benzene rings is 2. The Morgan fingerprint density at radius 3 is 2.83 bits per heavy atom. The maximum atomic E-state index is 12.0. The summed E-state index contributed by atoms with van der Waals surface area (Å²) in [5, 5.41) is 4.29. The minimum absolute atomic E-state index is 0.245. The molecule has 0 spiro atoms. The molecule has 118 valence electrons. The zero-order valence-corrected chi connectivity index (χ0v) is 13.0. The summed E-state index contributed by atoms with van der Waals surface area (Å²) in [5.41, 5.74) is 2.12. The van der Waals surface area contributed by atoms with Crippen molar-refractivity contribution in [3.8, 4) is 5.75 Å². The van der Waals surface area contributed by atoms with Gasteiger partial charge in [0.25, 0.3) is 0 Å². The molecular formula is C19H19NO3. The fourth-order valence-electron chi connectivity index (χ4n) is 2.52. The predicted octanol–water partition coefficient (Wildman–Crippen LogP) is 3.85. The van der Waals surface area contributed by atoms with Crippen molar-refractivity contribution in [2.75, 3.05) is 19.0 Å². The molecule has 0 saturated heterocycles. The van der Waals surface area contributed by atoms with Gasteiger partial charge in [0.2, 0.25) is 0 Å². The first-order valence-electron chi connectivity index (χ1n) is 7.66. The molecule has 1 heterocycles. The van der Waals surface area contributed by atoms with Crippen molar-refractivity contribution >= 4 is 16.7 Å². The summed E-state index contributed by atoms with van der Waals surface area (Å²) in [6.07, 6.45) is 1.53. The van der Waals surface area contributed by atoms with Crippen molar-refractivity contribution in [2.45, 2.75) is 12.8 Å². The van der Waals surface area contributed by atoms with Crippen molar-refractivity contribution in [2.24, 2.45) is 0 Å². The van der Waals surface area contributed by atoms with Gasteiger partial charge in [0.1, 0.15) is 11.3 Å². The highest BCUT2D eigenvalue weighted by Gasteiger charge is 2.04. The second-order valence-electron chi connectivity index (χ2n) is 5.36. The second-order valence-corrected chi connectivity index (χ2v) is 5.36. The van der Waals surface area contributed by atoms with Gasteiger partial charge in [0.05, 0.1) is 7.11 Å². The lowest BCUT2D eigenvalue weighted by Gasteiger charge is -2.08. The van der Waals surface area contributed by atoms with E-state index in [2.05, 4.69) is 5.32 Å². The highest BCUT2D eigenvalue weighted by Crippen LogP contribution is 2.17. The molecule has 0 aliphatic carbocycles. The first-order valence-corrected chi connectivity index (χ1v) is 7.66. The van der Waals surface area contributed by atoms with E-state index in [9.17, 15) is 4.79 Å². The Morgan fingerprint density at radius 1 is 1.09 bits per heavy atom. The summed E-state index contributed by atoms with van der Waals surface area (Å²) < 4.78 is 10.5. The van der Waals surface area contributed by atoms with Crippen LogP contribution in [0.5, 0.6) is 5.75 Å². The molecule has 4 heteroatoms. The summed E-state index contributed by atoms with van der Waals surface area (Å²) in [6.45, 7) is 0.777. The molecule has 0 fully saturated rings. The quantitative estimate of drug-likeness (QED) is 0.555. The zero-order chi connectivity index (χ0) is 16.1. The number of para-hydroxylation sites is 1. The first kappa shape index (κ1) is 15.2. The van der Waals surface area contributed by atoms with Crippen LogP contribution in [0.3, 0.4) is 0 Å². The molecule has 0 atom stereocenters. The van der Waals surface area contributed by atoms with E-state index in [0.717, 1.165) is 35.4 Å². The first-order chi connectivity index (χ1) is 11.3. The van der Waals surface area contributed by atoms with Crippen molar-refractivity contribution in [1.29, 1.82) is 0 Å². The maximum absolute atomic E-state index is 12.0. The summed E-state index contributed by atoms with van der Waals surface area (Å²) in [7, 11) is 1.65. The van der Waals surface area contributed by atoms with Crippen LogP contribution >= 0.6 is 0 Å². The second kappa shape index (κ2) is 7.01. The van der Waals surface area contributed by atoms with Crippen LogP contribution in [0.2, 0.25) is 0 Å². The highest BCUT2D eigenvalue weighted by molar-refractivity contribution is 5.76. The fourth-order valence-corrected chi connectivity index (χ4v) is 2.52. The Balaban J connectivity index is 1.60. The van der Waals surface area contributed by atoms with Crippen LogP contribution in [0, 0.1) is 0 Å². The molecule has 3 aromatic rings. The molecule has 0 amide bonds. The van der Waals surface area contributed by atoms with Crippen molar-refractivity contribution in [3.05, 3.63) is 70.6 Å². The van der Waals surface area contributed by atoms with Gasteiger partial charge in [-0.05, 0) is 37.1 Å². The average Bonchev–Trinajstić information content (AvgIpc) is 2.59. The number of hydrogen-bond donors (Lipinski definition) is 1. The van der Waals surface area contributed by atoms with Crippen molar-refractivity contribution < 1.29 is 9.15 Å². The summed E-state index contributed by atoms with van der Waals surface area (Å²) in [6, 6.07) is 17.3. The standard InChI is InChI=1S/C19H19NO3/c1-22-17-9-4-8-16(13-17)20-11-5-7-15-12-14-6-2-3-10-18(14)23-19(15)21/h2-4,6,8-10,12-13,20H,5,7,11H2,1H3. The molecular weight excluding hydrogens is 290 g/mol. The Hall–Kier alpha value is -2.75. The molecule has 0 saturated carbocycles. The normalized spacial score (nSPS) is 10.7. The minimum Gasteiger partial charge on any atom is -0.497 e. The molecule has 1 N–H and O–H groups in total. The van der Waals surface area contributed by atoms with Gasteiger partial charge in [-0.25, -0.2) is 4.79 Å². The van der Waals surface area contributed by atoms with Crippen LogP contribution in [0.1, 0.15) is 12.0 Å². The van der Waals surface area contributed by atoms with E-state index in [0.29, 0.717) is 12.0 Å². The monoisotopic (exact) mass is 309 g/mol. The van der Waals surface area contributed by atoms with Crippen molar-refractivity contribution in [3.63, 3.8) is 0 Å². The van der Waals surface area contributed by atoms with Crippen LogP contribution in [0.15, 0.2) is 63.8 Å². The predicted molar refractivity (Wildman–Crippen MR) is 92.3 cm³/mol. The summed E-state index contributed by atoms with van der Waals surface area (Å²) >= 11 is 0. The Bertz CT molecular complexity index is 854. The topological polar surface area (TPSA) is 51.5 Å². The molecule has 3 rings (SSSR count). The lowest BCUT2D eigenvalue weighted by atomic mass is 10.1. The average molecular weight is 309 g/mol. The van der Waals surface area contributed by atoms with E-state index < -0.39 is 0 Å². The smallest absolute Gasteiger partial charge is 0.339 e.